The second-order valence-electron chi connectivity index (χ2n) is 10.1. The molecule has 0 heterocycles. The maximum Gasteiger partial charge on any atom is 0.184 e. The van der Waals surface area contributed by atoms with Crippen molar-refractivity contribution < 1.29 is 14.0 Å². The average molecular weight is 402 g/mol. The highest BCUT2D eigenvalue weighted by molar-refractivity contribution is 6.70. The Labute approximate surface area is 170 Å². The lowest BCUT2D eigenvalue weighted by Gasteiger charge is -2.51. The van der Waals surface area contributed by atoms with Crippen LogP contribution >= 0.6 is 0 Å². The maximum atomic E-state index is 6.73. The molecule has 5 heteroatoms. The van der Waals surface area contributed by atoms with Crippen LogP contribution in [0.2, 0.25) is 19.6 Å². The van der Waals surface area contributed by atoms with E-state index >= 15 is 0 Å². The molecular weight excluding hydrogens is 366 g/mol. The summed E-state index contributed by atoms with van der Waals surface area (Å²) in [6, 6.07) is 6.71. The molecule has 1 aromatic carbocycles. The zero-order valence-corrected chi connectivity index (χ0v) is 19.2. The second-order valence-corrected chi connectivity index (χ2v) is 14.6. The minimum atomic E-state index is -1.68. The number of hydrogen-bond donors (Lipinski definition) is 0. The predicted molar refractivity (Wildman–Crippen MR) is 116 cm³/mol. The van der Waals surface area contributed by atoms with Crippen LogP contribution in [0.15, 0.2) is 23.4 Å². The molecule has 0 aromatic heterocycles. The van der Waals surface area contributed by atoms with Crippen molar-refractivity contribution in [3.8, 4) is 5.75 Å². The molecule has 4 nitrogen and oxygen atoms in total. The lowest BCUT2D eigenvalue weighted by atomic mass is 9.55. The van der Waals surface area contributed by atoms with E-state index in [1.54, 1.807) is 19.8 Å². The van der Waals surface area contributed by atoms with Crippen LogP contribution in [0.4, 0.5) is 0 Å². The van der Waals surface area contributed by atoms with Crippen molar-refractivity contribution in [3.05, 3.63) is 29.3 Å². The minimum Gasteiger partial charge on any atom is -0.497 e. The smallest absolute Gasteiger partial charge is 0.184 e. The van der Waals surface area contributed by atoms with Gasteiger partial charge in [-0.05, 0) is 92.8 Å². The Morgan fingerprint density at radius 2 is 1.93 bits per heavy atom. The molecule has 5 atom stereocenters. The Balaban J connectivity index is 1.67. The van der Waals surface area contributed by atoms with Crippen molar-refractivity contribution in [2.45, 2.75) is 70.7 Å². The molecule has 0 aliphatic heterocycles. The molecular formula is C23H35NO3Si. The van der Waals surface area contributed by atoms with E-state index in [1.807, 2.05) is 0 Å². The molecule has 0 bridgehead atoms. The Hall–Kier alpha value is -1.33. The van der Waals surface area contributed by atoms with Crippen LogP contribution in [0.25, 0.3) is 0 Å². The number of methoxy groups -OCH3 is 1. The molecule has 3 aliphatic rings. The lowest BCUT2D eigenvalue weighted by molar-refractivity contribution is -0.00512. The summed E-state index contributed by atoms with van der Waals surface area (Å²) in [6.45, 7) is 9.30. The van der Waals surface area contributed by atoms with Crippen molar-refractivity contribution in [3.63, 3.8) is 0 Å². The Morgan fingerprint density at radius 1 is 1.14 bits per heavy atom. The first kappa shape index (κ1) is 20.0. The molecule has 0 amide bonds. The van der Waals surface area contributed by atoms with Crippen LogP contribution in [-0.2, 0) is 15.7 Å². The third-order valence-corrected chi connectivity index (χ3v) is 8.32. The van der Waals surface area contributed by atoms with Crippen molar-refractivity contribution in [1.82, 2.24) is 0 Å². The fourth-order valence-electron chi connectivity index (χ4n) is 6.22. The van der Waals surface area contributed by atoms with E-state index in [4.69, 9.17) is 14.0 Å². The van der Waals surface area contributed by atoms with Gasteiger partial charge in [0, 0.05) is 5.41 Å². The zero-order valence-electron chi connectivity index (χ0n) is 18.2. The van der Waals surface area contributed by atoms with Gasteiger partial charge in [0.15, 0.2) is 8.32 Å². The SMILES string of the molecule is CO/N=C1\C[C@H]2[C@@H]3CCc4cc(OC)ccc4[C@H]3CC[C@]2(C)C1O[Si](C)(C)C. The van der Waals surface area contributed by atoms with Gasteiger partial charge < -0.3 is 14.0 Å². The third kappa shape index (κ3) is 3.30. The van der Waals surface area contributed by atoms with E-state index in [9.17, 15) is 0 Å². The summed E-state index contributed by atoms with van der Waals surface area (Å²) < 4.78 is 12.2. The normalized spacial score (nSPS) is 35.9. The number of nitrogens with zero attached hydrogens (tertiary/aromatic N) is 1. The van der Waals surface area contributed by atoms with Gasteiger partial charge in [-0.15, -0.1) is 0 Å². The number of aryl methyl sites for hydroxylation is 1. The molecule has 154 valence electrons. The van der Waals surface area contributed by atoms with Crippen molar-refractivity contribution >= 4 is 14.0 Å². The van der Waals surface area contributed by atoms with Crippen molar-refractivity contribution in [2.24, 2.45) is 22.4 Å². The van der Waals surface area contributed by atoms with Crippen LogP contribution in [0, 0.1) is 17.3 Å². The van der Waals surface area contributed by atoms with Crippen LogP contribution in [-0.4, -0.2) is 34.4 Å². The van der Waals surface area contributed by atoms with Gasteiger partial charge in [0.05, 0.1) is 18.9 Å². The first-order chi connectivity index (χ1) is 13.3. The standard InChI is InChI=1S/C23H35NO3Si/c1-23-12-11-18-17-10-8-16(25-2)13-15(17)7-9-19(18)20(23)14-21(24-26-3)22(23)27-28(4,5)6/h8,10,13,18-20,22H,7,9,11-12,14H2,1-6H3/b24-21+/t18-,19-,20+,22?,23+/m1/s1. The zero-order chi connectivity index (χ0) is 20.1. The van der Waals surface area contributed by atoms with Gasteiger partial charge in [0.2, 0.25) is 0 Å². The summed E-state index contributed by atoms with van der Waals surface area (Å²) >= 11 is 0. The summed E-state index contributed by atoms with van der Waals surface area (Å²) in [7, 11) is 1.74. The molecule has 3 aliphatic carbocycles. The number of fused-ring (bicyclic) bond motifs is 5. The summed E-state index contributed by atoms with van der Waals surface area (Å²) in [5.41, 5.74) is 4.35. The largest absolute Gasteiger partial charge is 0.497 e. The highest BCUT2D eigenvalue weighted by Gasteiger charge is 2.58. The van der Waals surface area contributed by atoms with Crippen LogP contribution in [0.3, 0.4) is 0 Å². The first-order valence-corrected chi connectivity index (χ1v) is 14.1. The fraction of sp³-hybridized carbons (Fsp3) is 0.696. The van der Waals surface area contributed by atoms with E-state index in [1.165, 1.54) is 24.8 Å². The number of hydrogen-bond acceptors (Lipinski definition) is 4. The van der Waals surface area contributed by atoms with E-state index in [0.29, 0.717) is 17.8 Å². The summed E-state index contributed by atoms with van der Waals surface area (Å²) in [5.74, 6) is 2.97. The molecule has 2 saturated carbocycles. The molecule has 28 heavy (non-hydrogen) atoms. The lowest BCUT2D eigenvalue weighted by Crippen LogP contribution is -2.48. The number of benzene rings is 1. The van der Waals surface area contributed by atoms with Gasteiger partial charge in [0.25, 0.3) is 0 Å². The third-order valence-electron chi connectivity index (χ3n) is 7.38. The average Bonchev–Trinajstić information content (AvgIpc) is 2.92. The van der Waals surface area contributed by atoms with Gasteiger partial charge in [-0.2, -0.15) is 0 Å². The van der Waals surface area contributed by atoms with E-state index in [0.717, 1.165) is 24.3 Å². The molecule has 1 aromatic rings. The number of ether oxygens (including phenoxy) is 1. The first-order valence-electron chi connectivity index (χ1n) is 10.7. The van der Waals surface area contributed by atoms with Gasteiger partial charge in [-0.3, -0.25) is 0 Å². The van der Waals surface area contributed by atoms with Gasteiger partial charge in [-0.1, -0.05) is 18.1 Å². The van der Waals surface area contributed by atoms with E-state index < -0.39 is 8.32 Å². The number of oxime groups is 1. The topological polar surface area (TPSA) is 40.0 Å². The fourth-order valence-corrected chi connectivity index (χ4v) is 7.33. The minimum absolute atomic E-state index is 0.113. The van der Waals surface area contributed by atoms with Crippen molar-refractivity contribution in [2.75, 3.05) is 14.2 Å². The highest BCUT2D eigenvalue weighted by Crippen LogP contribution is 2.61. The van der Waals surface area contributed by atoms with Crippen LogP contribution < -0.4 is 4.74 Å². The Morgan fingerprint density at radius 3 is 2.61 bits per heavy atom. The quantitative estimate of drug-likeness (QED) is 0.502. The van der Waals surface area contributed by atoms with Crippen molar-refractivity contribution in [1.29, 1.82) is 0 Å². The Bertz CT molecular complexity index is 772. The summed E-state index contributed by atoms with van der Waals surface area (Å²) in [5, 5.41) is 4.46. The molecule has 0 N–H and O–H groups in total. The van der Waals surface area contributed by atoms with Gasteiger partial charge >= 0.3 is 0 Å². The van der Waals surface area contributed by atoms with Gasteiger partial charge in [0.1, 0.15) is 12.9 Å². The molecule has 0 radical (unpaired) electrons. The molecule has 4 rings (SSSR count). The maximum absolute atomic E-state index is 6.73. The number of rotatable bonds is 4. The summed E-state index contributed by atoms with van der Waals surface area (Å²) in [6.07, 6.45) is 5.97. The molecule has 0 saturated heterocycles. The van der Waals surface area contributed by atoms with E-state index in [-0.39, 0.29) is 11.5 Å². The van der Waals surface area contributed by atoms with Crippen LogP contribution in [0.1, 0.15) is 49.7 Å². The van der Waals surface area contributed by atoms with E-state index in [2.05, 4.69) is 49.9 Å². The summed E-state index contributed by atoms with van der Waals surface area (Å²) in [4.78, 5) is 5.25. The molecule has 0 spiro atoms. The monoisotopic (exact) mass is 401 g/mol. The molecule has 1 unspecified atom stereocenters. The second kappa shape index (κ2) is 7.17. The Kier molecular flexibility index (Phi) is 5.11. The molecule has 2 fully saturated rings. The van der Waals surface area contributed by atoms with Crippen LogP contribution in [0.5, 0.6) is 5.75 Å². The predicted octanol–water partition coefficient (Wildman–Crippen LogP) is 5.38. The van der Waals surface area contributed by atoms with Gasteiger partial charge in [-0.25, -0.2) is 0 Å². The highest BCUT2D eigenvalue weighted by atomic mass is 28.4.